The van der Waals surface area contributed by atoms with E-state index in [9.17, 15) is 9.59 Å². The lowest BCUT2D eigenvalue weighted by Gasteiger charge is -2.26. The summed E-state index contributed by atoms with van der Waals surface area (Å²) >= 11 is 0. The zero-order chi connectivity index (χ0) is 20.4. The molecule has 0 aliphatic carbocycles. The highest BCUT2D eigenvalue weighted by molar-refractivity contribution is 6.20. The van der Waals surface area contributed by atoms with Crippen molar-refractivity contribution in [3.63, 3.8) is 0 Å². The zero-order valence-electron chi connectivity index (χ0n) is 17.0. The molecular weight excluding hydrogens is 354 g/mol. The van der Waals surface area contributed by atoms with Gasteiger partial charge in [-0.1, -0.05) is 52.0 Å². The van der Waals surface area contributed by atoms with Gasteiger partial charge in [-0.25, -0.2) is 4.84 Å². The smallest absolute Gasteiger partial charge is 0.286 e. The number of ether oxygens (including phenoxy) is 1. The van der Waals surface area contributed by atoms with Crippen molar-refractivity contribution in [2.24, 2.45) is 11.8 Å². The van der Waals surface area contributed by atoms with Crippen molar-refractivity contribution in [2.75, 3.05) is 0 Å². The predicted molar refractivity (Wildman–Crippen MR) is 107 cm³/mol. The fourth-order valence-corrected chi connectivity index (χ4v) is 3.93. The van der Waals surface area contributed by atoms with E-state index in [1.807, 2.05) is 12.1 Å². The first kappa shape index (κ1) is 20.1. The normalized spacial score (nSPS) is 14.9. The number of amides is 2. The first-order valence-electron chi connectivity index (χ1n) is 9.70. The van der Waals surface area contributed by atoms with Crippen molar-refractivity contribution in [2.45, 2.75) is 46.8 Å². The van der Waals surface area contributed by atoms with Crippen molar-refractivity contribution in [1.29, 1.82) is 0 Å². The quantitative estimate of drug-likeness (QED) is 0.498. The van der Waals surface area contributed by atoms with Crippen LogP contribution in [-0.2, 0) is 4.84 Å². The molecule has 1 aliphatic heterocycles. The van der Waals surface area contributed by atoms with Gasteiger partial charge in [0.2, 0.25) is 6.29 Å². The van der Waals surface area contributed by atoms with Crippen molar-refractivity contribution in [1.82, 2.24) is 5.06 Å². The summed E-state index contributed by atoms with van der Waals surface area (Å²) in [6.07, 6.45) is -0.793. The van der Waals surface area contributed by atoms with E-state index in [-0.39, 0.29) is 0 Å². The summed E-state index contributed by atoms with van der Waals surface area (Å²) in [6, 6.07) is 14.6. The minimum atomic E-state index is -0.793. The van der Waals surface area contributed by atoms with Crippen LogP contribution >= 0.6 is 0 Å². The van der Waals surface area contributed by atoms with E-state index in [1.54, 1.807) is 31.2 Å². The molecule has 5 heteroatoms. The van der Waals surface area contributed by atoms with E-state index in [0.717, 1.165) is 5.06 Å². The van der Waals surface area contributed by atoms with Crippen molar-refractivity contribution >= 4 is 11.8 Å². The highest BCUT2D eigenvalue weighted by atomic mass is 16.8. The van der Waals surface area contributed by atoms with E-state index < -0.39 is 18.1 Å². The predicted octanol–water partition coefficient (Wildman–Crippen LogP) is 5.03. The van der Waals surface area contributed by atoms with Gasteiger partial charge in [-0.05, 0) is 47.6 Å². The lowest BCUT2D eigenvalue weighted by atomic mass is 9.80. The molecule has 0 saturated carbocycles. The molecule has 2 aromatic carbocycles. The topological polar surface area (TPSA) is 55.8 Å². The van der Waals surface area contributed by atoms with Crippen LogP contribution in [0.15, 0.2) is 48.5 Å². The molecule has 3 rings (SSSR count). The maximum atomic E-state index is 12.4. The van der Waals surface area contributed by atoms with Crippen molar-refractivity contribution < 1.29 is 19.2 Å². The second kappa shape index (κ2) is 8.15. The summed E-state index contributed by atoms with van der Waals surface area (Å²) < 4.78 is 5.76. The second-order valence-electron chi connectivity index (χ2n) is 7.82. The first-order chi connectivity index (χ1) is 13.3. The van der Waals surface area contributed by atoms with Gasteiger partial charge in [0.1, 0.15) is 5.75 Å². The van der Waals surface area contributed by atoms with Crippen LogP contribution in [0.2, 0.25) is 0 Å². The Hall–Kier alpha value is -2.66. The summed E-state index contributed by atoms with van der Waals surface area (Å²) in [7, 11) is 0. The number of imide groups is 1. The molecule has 1 atom stereocenters. The molecule has 2 aromatic rings. The third-order valence-electron chi connectivity index (χ3n) is 5.01. The number of hydrogen-bond acceptors (Lipinski definition) is 4. The van der Waals surface area contributed by atoms with Crippen LogP contribution < -0.4 is 4.74 Å². The molecule has 0 saturated heterocycles. The van der Waals surface area contributed by atoms with Crippen LogP contribution in [0.5, 0.6) is 5.75 Å². The molecule has 0 bridgehead atoms. The SMILES string of the molecule is CC(Oc1ccc(C(C(C)C)C(C)C)cc1)ON1C(=O)c2ccccc2C1=O. The molecule has 148 valence electrons. The third-order valence-corrected chi connectivity index (χ3v) is 5.01. The molecule has 28 heavy (non-hydrogen) atoms. The molecular formula is C23H27NO4. The van der Waals surface area contributed by atoms with E-state index in [1.165, 1.54) is 5.56 Å². The fraction of sp³-hybridized carbons (Fsp3) is 0.391. The highest BCUT2D eigenvalue weighted by Crippen LogP contribution is 2.33. The molecule has 1 unspecified atom stereocenters. The van der Waals surface area contributed by atoms with Gasteiger partial charge in [0.05, 0.1) is 11.1 Å². The number of carbonyl (C=O) groups excluding carboxylic acids is 2. The average Bonchev–Trinajstić information content (AvgIpc) is 2.88. The van der Waals surface area contributed by atoms with Crippen LogP contribution in [0.4, 0.5) is 0 Å². The number of hydrogen-bond donors (Lipinski definition) is 0. The molecule has 1 heterocycles. The van der Waals surface area contributed by atoms with Crippen LogP contribution in [0.25, 0.3) is 0 Å². The maximum Gasteiger partial charge on any atom is 0.286 e. The summed E-state index contributed by atoms with van der Waals surface area (Å²) in [6.45, 7) is 10.6. The molecule has 2 amide bonds. The molecule has 0 radical (unpaired) electrons. The Labute approximate surface area is 166 Å². The minimum absolute atomic E-state index is 0.345. The summed E-state index contributed by atoms with van der Waals surface area (Å²) in [5.41, 5.74) is 1.96. The molecule has 0 spiro atoms. The van der Waals surface area contributed by atoms with Gasteiger partial charge in [-0.15, -0.1) is 5.06 Å². The minimum Gasteiger partial charge on any atom is -0.463 e. The van der Waals surface area contributed by atoms with Crippen molar-refractivity contribution in [3.05, 3.63) is 65.2 Å². The van der Waals surface area contributed by atoms with Gasteiger partial charge in [0, 0.05) is 6.92 Å². The van der Waals surface area contributed by atoms with E-state index in [0.29, 0.717) is 34.6 Å². The van der Waals surface area contributed by atoms with Crippen LogP contribution in [0.1, 0.15) is 66.8 Å². The van der Waals surface area contributed by atoms with E-state index >= 15 is 0 Å². The third kappa shape index (κ3) is 3.94. The molecule has 0 fully saturated rings. The molecule has 5 nitrogen and oxygen atoms in total. The van der Waals surface area contributed by atoms with Gasteiger partial charge in [0.25, 0.3) is 11.8 Å². The van der Waals surface area contributed by atoms with Crippen LogP contribution in [0.3, 0.4) is 0 Å². The second-order valence-corrected chi connectivity index (χ2v) is 7.82. The molecule has 1 aliphatic rings. The Morgan fingerprint density at radius 2 is 1.25 bits per heavy atom. The summed E-state index contributed by atoms with van der Waals surface area (Å²) in [5, 5.41) is 0.775. The molecule has 0 aromatic heterocycles. The average molecular weight is 381 g/mol. The van der Waals surface area contributed by atoms with Crippen LogP contribution in [-0.4, -0.2) is 23.2 Å². The van der Waals surface area contributed by atoms with Gasteiger partial charge >= 0.3 is 0 Å². The number of hydroxylamine groups is 2. The largest absolute Gasteiger partial charge is 0.463 e. The van der Waals surface area contributed by atoms with Gasteiger partial charge in [0.15, 0.2) is 0 Å². The standard InChI is InChI=1S/C23H27NO4/c1-14(2)21(15(3)4)17-10-12-18(13-11-17)27-16(5)28-24-22(25)19-8-6-7-9-20(19)23(24)26/h6-16,21H,1-5H3. The number of carbonyl (C=O) groups is 2. The Morgan fingerprint density at radius 1 is 0.750 bits per heavy atom. The number of benzene rings is 2. The lowest BCUT2D eigenvalue weighted by molar-refractivity contribution is -0.191. The highest BCUT2D eigenvalue weighted by Gasteiger charge is 2.37. The van der Waals surface area contributed by atoms with Gasteiger partial charge < -0.3 is 4.74 Å². The van der Waals surface area contributed by atoms with Gasteiger partial charge in [-0.3, -0.25) is 9.59 Å². The Bertz CT molecular complexity index is 814. The number of fused-ring (bicyclic) bond motifs is 1. The van der Waals surface area contributed by atoms with Crippen LogP contribution in [0, 0.1) is 11.8 Å². The monoisotopic (exact) mass is 381 g/mol. The number of nitrogens with zero attached hydrogens (tertiary/aromatic N) is 1. The Kier molecular flexibility index (Phi) is 5.84. The Morgan fingerprint density at radius 3 is 1.71 bits per heavy atom. The first-order valence-corrected chi connectivity index (χ1v) is 9.70. The zero-order valence-corrected chi connectivity index (χ0v) is 17.0. The van der Waals surface area contributed by atoms with Gasteiger partial charge in [-0.2, -0.15) is 0 Å². The Balaban J connectivity index is 1.65. The summed E-state index contributed by atoms with van der Waals surface area (Å²) in [4.78, 5) is 30.2. The summed E-state index contributed by atoms with van der Waals surface area (Å²) in [5.74, 6) is 1.25. The fourth-order valence-electron chi connectivity index (χ4n) is 3.93. The van der Waals surface area contributed by atoms with E-state index in [4.69, 9.17) is 9.57 Å². The van der Waals surface area contributed by atoms with Crippen molar-refractivity contribution in [3.8, 4) is 5.75 Å². The van der Waals surface area contributed by atoms with E-state index in [2.05, 4.69) is 39.8 Å². The molecule has 0 N–H and O–H groups in total. The number of rotatable bonds is 7. The lowest BCUT2D eigenvalue weighted by Crippen LogP contribution is -2.35. The maximum absolute atomic E-state index is 12.4.